The molecule has 7 heteroatoms. The average molecular weight is 360 g/mol. The summed E-state index contributed by atoms with van der Waals surface area (Å²) in [5.41, 5.74) is 1.10. The molecular weight excluding hydrogens is 336 g/mol. The topological polar surface area (TPSA) is 95.9 Å². The van der Waals surface area contributed by atoms with Crippen LogP contribution < -0.4 is 10.2 Å². The zero-order chi connectivity index (χ0) is 18.7. The van der Waals surface area contributed by atoms with Gasteiger partial charge >= 0.3 is 5.97 Å². The summed E-state index contributed by atoms with van der Waals surface area (Å²) in [7, 11) is 0. The number of carbonyl (C=O) groups is 3. The predicted molar refractivity (Wildman–Crippen MR) is 94.8 cm³/mol. The first-order chi connectivity index (χ1) is 12.4. The Morgan fingerprint density at radius 1 is 1.35 bits per heavy atom. The second kappa shape index (κ2) is 7.45. The fourth-order valence-electron chi connectivity index (χ4n) is 3.59. The van der Waals surface area contributed by atoms with Crippen LogP contribution in [-0.2, 0) is 25.5 Å². The molecule has 0 aromatic heterocycles. The number of anilines is 1. The number of hydrogen-bond acceptors (Lipinski definition) is 4. The fourth-order valence-corrected chi connectivity index (χ4v) is 3.59. The second-order valence-electron chi connectivity index (χ2n) is 7.07. The molecule has 0 bridgehead atoms. The summed E-state index contributed by atoms with van der Waals surface area (Å²) >= 11 is 0. The normalized spacial score (nSPS) is 25.5. The molecule has 1 aromatic carbocycles. The lowest BCUT2D eigenvalue weighted by molar-refractivity contribution is -0.139. The molecule has 3 rings (SSSR count). The summed E-state index contributed by atoms with van der Waals surface area (Å²) in [4.78, 5) is 37.8. The van der Waals surface area contributed by atoms with Gasteiger partial charge in [-0.3, -0.25) is 14.4 Å². The second-order valence-corrected chi connectivity index (χ2v) is 7.07. The number of carboxylic acid groups (broad SMARTS) is 1. The van der Waals surface area contributed by atoms with Gasteiger partial charge in [-0.05, 0) is 30.5 Å². The van der Waals surface area contributed by atoms with Gasteiger partial charge in [0.1, 0.15) is 0 Å². The number of nitrogens with one attached hydrogen (secondary N) is 1. The van der Waals surface area contributed by atoms with Gasteiger partial charge in [0.05, 0.1) is 24.5 Å². The molecule has 140 valence electrons. The number of rotatable bonds is 6. The van der Waals surface area contributed by atoms with Crippen molar-refractivity contribution in [3.05, 3.63) is 29.8 Å². The summed E-state index contributed by atoms with van der Waals surface area (Å²) in [5, 5.41) is 12.0. The molecule has 2 amide bonds. The Labute approximate surface area is 152 Å². The van der Waals surface area contributed by atoms with Gasteiger partial charge in [-0.25, -0.2) is 0 Å². The van der Waals surface area contributed by atoms with E-state index >= 15 is 0 Å². The molecule has 1 aromatic rings. The van der Waals surface area contributed by atoms with E-state index in [4.69, 9.17) is 9.84 Å². The molecular formula is C19H24N2O5. The van der Waals surface area contributed by atoms with Crippen molar-refractivity contribution in [3.63, 3.8) is 0 Å². The van der Waals surface area contributed by atoms with Crippen molar-refractivity contribution in [1.82, 2.24) is 5.32 Å². The molecule has 7 nitrogen and oxygen atoms in total. The Bertz CT molecular complexity index is 694. The summed E-state index contributed by atoms with van der Waals surface area (Å²) in [6.07, 6.45) is 1.34. The maximum Gasteiger partial charge on any atom is 0.305 e. The highest BCUT2D eigenvalue weighted by molar-refractivity contribution is 6.00. The van der Waals surface area contributed by atoms with Crippen molar-refractivity contribution in [3.8, 4) is 0 Å². The first kappa shape index (κ1) is 18.4. The number of amides is 2. The molecule has 0 saturated carbocycles. The monoisotopic (exact) mass is 360 g/mol. The van der Waals surface area contributed by atoms with Gasteiger partial charge < -0.3 is 20.1 Å². The molecule has 0 spiro atoms. The van der Waals surface area contributed by atoms with Crippen molar-refractivity contribution in [2.24, 2.45) is 5.92 Å². The van der Waals surface area contributed by atoms with Gasteiger partial charge in [-0.15, -0.1) is 0 Å². The van der Waals surface area contributed by atoms with Gasteiger partial charge in [0.2, 0.25) is 11.8 Å². The van der Waals surface area contributed by atoms with Crippen molar-refractivity contribution in [1.29, 1.82) is 0 Å². The van der Waals surface area contributed by atoms with E-state index in [2.05, 4.69) is 12.2 Å². The highest BCUT2D eigenvalue weighted by Gasteiger charge is 2.42. The Balaban J connectivity index is 1.67. The van der Waals surface area contributed by atoms with Crippen LogP contribution in [0.2, 0.25) is 0 Å². The summed E-state index contributed by atoms with van der Waals surface area (Å²) < 4.78 is 5.30. The zero-order valence-electron chi connectivity index (χ0n) is 14.9. The van der Waals surface area contributed by atoms with E-state index in [1.165, 1.54) is 5.56 Å². The van der Waals surface area contributed by atoms with Crippen LogP contribution in [0.15, 0.2) is 24.3 Å². The molecule has 2 aliphatic rings. The summed E-state index contributed by atoms with van der Waals surface area (Å²) in [5.74, 6) is -1.84. The minimum atomic E-state index is -0.976. The van der Waals surface area contributed by atoms with Gasteiger partial charge in [0.15, 0.2) is 0 Å². The molecule has 2 unspecified atom stereocenters. The predicted octanol–water partition coefficient (Wildman–Crippen LogP) is 1.35. The van der Waals surface area contributed by atoms with Gasteiger partial charge in [-0.2, -0.15) is 0 Å². The van der Waals surface area contributed by atoms with Crippen LogP contribution in [0.3, 0.4) is 0 Å². The molecule has 2 heterocycles. The Kier molecular flexibility index (Phi) is 5.27. The van der Waals surface area contributed by atoms with Crippen LogP contribution in [0.25, 0.3) is 0 Å². The zero-order valence-corrected chi connectivity index (χ0v) is 14.9. The van der Waals surface area contributed by atoms with Crippen LogP contribution in [0.4, 0.5) is 5.69 Å². The van der Waals surface area contributed by atoms with E-state index in [0.29, 0.717) is 19.6 Å². The van der Waals surface area contributed by atoms with Gasteiger partial charge in [-0.1, -0.05) is 19.1 Å². The molecule has 2 saturated heterocycles. The SMILES string of the molecule is CCc1ccc(N2CC(C(=O)NC3(CC(=O)O)CCOC3)CC2=O)cc1. The first-order valence-corrected chi connectivity index (χ1v) is 8.93. The quantitative estimate of drug-likeness (QED) is 0.798. The van der Waals surface area contributed by atoms with Gasteiger partial charge in [0, 0.05) is 25.3 Å². The number of aliphatic carboxylic acids is 1. The third kappa shape index (κ3) is 3.88. The number of benzene rings is 1. The van der Waals surface area contributed by atoms with Crippen molar-refractivity contribution >= 4 is 23.5 Å². The lowest BCUT2D eigenvalue weighted by atomic mass is 9.93. The number of ether oxygens (including phenoxy) is 1. The van der Waals surface area contributed by atoms with Crippen molar-refractivity contribution < 1.29 is 24.2 Å². The fraction of sp³-hybridized carbons (Fsp3) is 0.526. The molecule has 2 aliphatic heterocycles. The van der Waals surface area contributed by atoms with Crippen LogP contribution in [-0.4, -0.2) is 48.2 Å². The van der Waals surface area contributed by atoms with E-state index in [1.807, 2.05) is 24.3 Å². The number of aryl methyl sites for hydroxylation is 1. The average Bonchev–Trinajstić information content (AvgIpc) is 3.21. The summed E-state index contributed by atoms with van der Waals surface area (Å²) in [6.45, 7) is 2.98. The van der Waals surface area contributed by atoms with Crippen molar-refractivity contribution in [2.75, 3.05) is 24.7 Å². The molecule has 2 N–H and O–H groups in total. The molecule has 2 atom stereocenters. The van der Waals surface area contributed by atoms with E-state index in [9.17, 15) is 14.4 Å². The van der Waals surface area contributed by atoms with E-state index < -0.39 is 17.4 Å². The lowest BCUT2D eigenvalue weighted by Gasteiger charge is -2.28. The number of carboxylic acids is 1. The van der Waals surface area contributed by atoms with Gasteiger partial charge in [0.25, 0.3) is 0 Å². The maximum atomic E-state index is 12.7. The smallest absolute Gasteiger partial charge is 0.305 e. The number of nitrogens with zero attached hydrogens (tertiary/aromatic N) is 1. The molecule has 0 aliphatic carbocycles. The summed E-state index contributed by atoms with van der Waals surface area (Å²) in [6, 6.07) is 7.75. The standard InChI is InChI=1S/C19H24N2O5/c1-2-13-3-5-15(6-4-13)21-11-14(9-16(21)22)18(25)20-19(10-17(23)24)7-8-26-12-19/h3-6,14H,2,7-12H2,1H3,(H,20,25)(H,23,24). The largest absolute Gasteiger partial charge is 0.481 e. The molecule has 26 heavy (non-hydrogen) atoms. The van der Waals surface area contributed by atoms with E-state index in [0.717, 1.165) is 12.1 Å². The van der Waals surface area contributed by atoms with Crippen LogP contribution in [0.5, 0.6) is 0 Å². The Morgan fingerprint density at radius 3 is 2.65 bits per heavy atom. The van der Waals surface area contributed by atoms with Crippen LogP contribution in [0.1, 0.15) is 31.7 Å². The molecule has 0 radical (unpaired) electrons. The third-order valence-electron chi connectivity index (χ3n) is 5.13. The van der Waals surface area contributed by atoms with Crippen molar-refractivity contribution in [2.45, 2.75) is 38.1 Å². The van der Waals surface area contributed by atoms with E-state index in [1.54, 1.807) is 4.90 Å². The number of hydrogen-bond donors (Lipinski definition) is 2. The van der Waals surface area contributed by atoms with E-state index in [-0.39, 0.29) is 31.3 Å². The minimum absolute atomic E-state index is 0.0932. The number of carbonyl (C=O) groups excluding carboxylic acids is 2. The maximum absolute atomic E-state index is 12.7. The highest BCUT2D eigenvalue weighted by atomic mass is 16.5. The lowest BCUT2D eigenvalue weighted by Crippen LogP contribution is -2.52. The highest BCUT2D eigenvalue weighted by Crippen LogP contribution is 2.28. The van der Waals surface area contributed by atoms with Crippen LogP contribution >= 0.6 is 0 Å². The Morgan fingerprint density at radius 2 is 2.08 bits per heavy atom. The molecule has 2 fully saturated rings. The Hall–Kier alpha value is -2.41. The van der Waals surface area contributed by atoms with Crippen LogP contribution in [0, 0.1) is 5.92 Å². The third-order valence-corrected chi connectivity index (χ3v) is 5.13. The minimum Gasteiger partial charge on any atom is -0.481 e. The first-order valence-electron chi connectivity index (χ1n) is 8.93.